The molecule has 0 spiro atoms. The fraction of sp³-hybridized carbons (Fsp3) is 0.368. The molecule has 1 amide bonds. The van der Waals surface area contributed by atoms with Crippen molar-refractivity contribution in [3.8, 4) is 0 Å². The molecule has 1 fully saturated rings. The summed E-state index contributed by atoms with van der Waals surface area (Å²) in [7, 11) is 0. The average Bonchev–Trinajstić information content (AvgIpc) is 3.12. The Bertz CT molecular complexity index is 812. The molecular weight excluding hydrogens is 336 g/mol. The molecule has 0 radical (unpaired) electrons. The molecule has 3 rings (SSSR count). The van der Waals surface area contributed by atoms with E-state index < -0.39 is 0 Å². The van der Waals surface area contributed by atoms with Gasteiger partial charge >= 0.3 is 0 Å². The number of aryl methyl sites for hydroxylation is 1. The van der Waals surface area contributed by atoms with Crippen LogP contribution < -0.4 is 5.73 Å². The van der Waals surface area contributed by atoms with Gasteiger partial charge in [-0.2, -0.15) is 5.10 Å². The quantitative estimate of drug-likeness (QED) is 0.855. The van der Waals surface area contributed by atoms with Gasteiger partial charge in [-0.25, -0.2) is 0 Å². The molecule has 2 N–H and O–H groups in total. The van der Waals surface area contributed by atoms with Gasteiger partial charge in [0.15, 0.2) is 0 Å². The number of nitrogens with zero attached hydrogens (tertiary/aromatic N) is 3. The third-order valence-electron chi connectivity index (χ3n) is 4.64. The van der Waals surface area contributed by atoms with Gasteiger partial charge in [0, 0.05) is 41.5 Å². The van der Waals surface area contributed by atoms with Gasteiger partial charge in [-0.05, 0) is 38.0 Å². The minimum atomic E-state index is 0.00519. The van der Waals surface area contributed by atoms with E-state index in [9.17, 15) is 4.79 Å². The minimum Gasteiger partial charge on any atom is -0.338 e. The first kappa shape index (κ1) is 17.7. The summed E-state index contributed by atoms with van der Waals surface area (Å²) in [6, 6.07) is 7.85. The summed E-state index contributed by atoms with van der Waals surface area (Å²) in [4.78, 5) is 14.1. The van der Waals surface area contributed by atoms with E-state index in [-0.39, 0.29) is 11.9 Å². The van der Waals surface area contributed by atoms with Gasteiger partial charge in [-0.15, -0.1) is 0 Å². The van der Waals surface area contributed by atoms with E-state index >= 15 is 0 Å². The molecule has 1 aromatic carbocycles. The molecule has 1 saturated heterocycles. The highest BCUT2D eigenvalue weighted by molar-refractivity contribution is 6.31. The van der Waals surface area contributed by atoms with E-state index in [0.29, 0.717) is 13.1 Å². The van der Waals surface area contributed by atoms with E-state index in [1.807, 2.05) is 48.9 Å². The van der Waals surface area contributed by atoms with Gasteiger partial charge < -0.3 is 10.6 Å². The minimum absolute atomic E-state index is 0.00519. The predicted molar refractivity (Wildman–Crippen MR) is 100 cm³/mol. The van der Waals surface area contributed by atoms with Gasteiger partial charge in [0.1, 0.15) is 0 Å². The second-order valence-electron chi connectivity index (χ2n) is 6.50. The molecule has 2 aromatic rings. The Balaban J connectivity index is 1.77. The number of benzene rings is 1. The Hall–Kier alpha value is -2.11. The van der Waals surface area contributed by atoms with Crippen LogP contribution in [0.4, 0.5) is 0 Å². The van der Waals surface area contributed by atoms with Crippen LogP contribution in [0.2, 0.25) is 5.02 Å². The van der Waals surface area contributed by atoms with Crippen LogP contribution in [-0.4, -0.2) is 39.7 Å². The standard InChI is InChI=1S/C19H23ClN4O/c1-13-17(7-8-19(25)23-10-9-16(21)12-23)14(2)24(22-13)11-15-5-3-4-6-18(15)20/h3-8,16H,9-12,21H2,1-2H3/b8-7+/t16-/m1/s1. The van der Waals surface area contributed by atoms with Crippen LogP contribution >= 0.6 is 11.6 Å². The molecule has 0 aliphatic carbocycles. The number of aromatic nitrogens is 2. The first-order valence-corrected chi connectivity index (χ1v) is 8.83. The lowest BCUT2D eigenvalue weighted by Gasteiger charge is -2.12. The Morgan fingerprint density at radius 2 is 2.16 bits per heavy atom. The number of amides is 1. The molecule has 0 saturated carbocycles. The second kappa shape index (κ2) is 7.42. The van der Waals surface area contributed by atoms with E-state index in [1.165, 1.54) is 0 Å². The molecule has 1 aromatic heterocycles. The van der Waals surface area contributed by atoms with Crippen LogP contribution in [0.3, 0.4) is 0 Å². The lowest BCUT2D eigenvalue weighted by Crippen LogP contribution is -2.30. The SMILES string of the molecule is Cc1nn(Cc2ccccc2Cl)c(C)c1/C=C/C(=O)N1CC[C@@H](N)C1. The topological polar surface area (TPSA) is 64.2 Å². The zero-order valence-corrected chi connectivity index (χ0v) is 15.3. The normalized spacial score (nSPS) is 17.6. The monoisotopic (exact) mass is 358 g/mol. The van der Waals surface area contributed by atoms with E-state index in [0.717, 1.165) is 40.5 Å². The van der Waals surface area contributed by atoms with Gasteiger partial charge in [0.05, 0.1) is 12.2 Å². The number of likely N-dealkylation sites (tertiary alicyclic amines) is 1. The molecule has 0 bridgehead atoms. The van der Waals surface area contributed by atoms with Gasteiger partial charge in [0.2, 0.25) is 5.91 Å². The molecule has 1 atom stereocenters. The Morgan fingerprint density at radius 3 is 2.84 bits per heavy atom. The van der Waals surface area contributed by atoms with Crippen molar-refractivity contribution in [2.45, 2.75) is 32.9 Å². The van der Waals surface area contributed by atoms with Crippen LogP contribution in [-0.2, 0) is 11.3 Å². The number of hydrogen-bond donors (Lipinski definition) is 1. The first-order chi connectivity index (χ1) is 12.0. The smallest absolute Gasteiger partial charge is 0.246 e. The summed E-state index contributed by atoms with van der Waals surface area (Å²) in [6.07, 6.45) is 4.34. The highest BCUT2D eigenvalue weighted by Gasteiger charge is 2.22. The molecule has 1 aliphatic rings. The maximum absolute atomic E-state index is 12.3. The van der Waals surface area contributed by atoms with Crippen molar-refractivity contribution < 1.29 is 4.79 Å². The third kappa shape index (κ3) is 3.94. The van der Waals surface area contributed by atoms with Crippen LogP contribution in [0.15, 0.2) is 30.3 Å². The summed E-state index contributed by atoms with van der Waals surface area (Å²) >= 11 is 6.24. The third-order valence-corrected chi connectivity index (χ3v) is 5.01. The zero-order chi connectivity index (χ0) is 18.0. The van der Waals surface area contributed by atoms with Crippen LogP contribution in [0.1, 0.15) is 28.9 Å². The van der Waals surface area contributed by atoms with Crippen molar-refractivity contribution in [3.63, 3.8) is 0 Å². The summed E-state index contributed by atoms with van der Waals surface area (Å²) < 4.78 is 1.92. The number of carbonyl (C=O) groups is 1. The lowest BCUT2D eigenvalue weighted by molar-refractivity contribution is -0.124. The van der Waals surface area contributed by atoms with Crippen molar-refractivity contribution in [1.29, 1.82) is 0 Å². The zero-order valence-electron chi connectivity index (χ0n) is 14.6. The number of rotatable bonds is 4. The predicted octanol–water partition coefficient (Wildman–Crippen LogP) is 2.77. The molecule has 25 heavy (non-hydrogen) atoms. The summed E-state index contributed by atoms with van der Waals surface area (Å²) in [5.41, 5.74) is 9.77. The lowest BCUT2D eigenvalue weighted by atomic mass is 10.1. The van der Waals surface area contributed by atoms with Gasteiger partial charge in [-0.3, -0.25) is 9.48 Å². The summed E-state index contributed by atoms with van der Waals surface area (Å²) in [6.45, 7) is 5.93. The van der Waals surface area contributed by atoms with Crippen molar-refractivity contribution in [2.24, 2.45) is 5.73 Å². The van der Waals surface area contributed by atoms with Crippen molar-refractivity contribution in [1.82, 2.24) is 14.7 Å². The van der Waals surface area contributed by atoms with E-state index in [1.54, 1.807) is 11.0 Å². The van der Waals surface area contributed by atoms with Crippen LogP contribution in [0, 0.1) is 13.8 Å². The molecule has 6 heteroatoms. The fourth-order valence-corrected chi connectivity index (χ4v) is 3.34. The Kier molecular flexibility index (Phi) is 5.25. The fourth-order valence-electron chi connectivity index (χ4n) is 3.14. The molecule has 1 aliphatic heterocycles. The maximum atomic E-state index is 12.3. The summed E-state index contributed by atoms with van der Waals surface area (Å²) in [5, 5.41) is 5.33. The summed E-state index contributed by atoms with van der Waals surface area (Å²) in [5.74, 6) is 0.00519. The molecule has 5 nitrogen and oxygen atoms in total. The highest BCUT2D eigenvalue weighted by atomic mass is 35.5. The van der Waals surface area contributed by atoms with Crippen molar-refractivity contribution >= 4 is 23.6 Å². The first-order valence-electron chi connectivity index (χ1n) is 8.45. The number of nitrogens with two attached hydrogens (primary N) is 1. The van der Waals surface area contributed by atoms with Crippen LogP contribution in [0.25, 0.3) is 6.08 Å². The molecular formula is C19H23ClN4O. The van der Waals surface area contributed by atoms with E-state index in [2.05, 4.69) is 5.10 Å². The van der Waals surface area contributed by atoms with Gasteiger partial charge in [-0.1, -0.05) is 29.8 Å². The maximum Gasteiger partial charge on any atom is 0.246 e. The van der Waals surface area contributed by atoms with Crippen LogP contribution in [0.5, 0.6) is 0 Å². The highest BCUT2D eigenvalue weighted by Crippen LogP contribution is 2.20. The van der Waals surface area contributed by atoms with E-state index in [4.69, 9.17) is 17.3 Å². The van der Waals surface area contributed by atoms with Crippen molar-refractivity contribution in [2.75, 3.05) is 13.1 Å². The number of carbonyl (C=O) groups excluding carboxylic acids is 1. The Labute approximate surface area is 153 Å². The number of hydrogen-bond acceptors (Lipinski definition) is 3. The Morgan fingerprint density at radius 1 is 1.40 bits per heavy atom. The molecule has 0 unspecified atom stereocenters. The molecule has 132 valence electrons. The van der Waals surface area contributed by atoms with Crippen molar-refractivity contribution in [3.05, 3.63) is 57.9 Å². The largest absolute Gasteiger partial charge is 0.338 e. The van der Waals surface area contributed by atoms with Gasteiger partial charge in [0.25, 0.3) is 0 Å². The number of halogens is 1. The average molecular weight is 359 g/mol. The molecule has 2 heterocycles. The second-order valence-corrected chi connectivity index (χ2v) is 6.91.